The first-order valence-electron chi connectivity index (χ1n) is 14.5. The molecule has 0 radical (unpaired) electrons. The van der Waals surface area contributed by atoms with Crippen LogP contribution in [-0.4, -0.2) is 61.1 Å². The zero-order valence-corrected chi connectivity index (χ0v) is 27.1. The Morgan fingerprint density at radius 3 is 2.07 bits per heavy atom. The van der Waals surface area contributed by atoms with E-state index in [1.54, 1.807) is 24.0 Å². The third-order valence-corrected chi connectivity index (χ3v) is 8.26. The number of hydrogen-bond acceptors (Lipinski definition) is 6. The van der Waals surface area contributed by atoms with Gasteiger partial charge in [0, 0.05) is 25.2 Å². The molecule has 232 valence electrons. The molecule has 11 heteroatoms. The minimum absolute atomic E-state index is 0.00428. The van der Waals surface area contributed by atoms with E-state index in [1.165, 1.54) is 35.0 Å². The Morgan fingerprint density at radius 2 is 1.55 bits per heavy atom. The van der Waals surface area contributed by atoms with Gasteiger partial charge in [-0.2, -0.15) is 8.42 Å². The molecule has 1 aromatic carbocycles. The molecule has 0 spiro atoms. The Kier molecular flexibility index (Phi) is 13.9. The Morgan fingerprint density at radius 1 is 0.952 bits per heavy atom. The molecule has 0 aliphatic carbocycles. The maximum Gasteiger partial charge on any atom is 0.376 e. The van der Waals surface area contributed by atoms with Crippen LogP contribution in [0.15, 0.2) is 51.9 Å². The molecule has 0 aliphatic heterocycles. The topological polar surface area (TPSA) is 115 Å². The van der Waals surface area contributed by atoms with E-state index in [4.69, 9.17) is 16.3 Å². The fraction of sp³-hybridized carbons (Fsp3) is 0.548. The van der Waals surface area contributed by atoms with Gasteiger partial charge in [-0.1, -0.05) is 45.4 Å². The predicted molar refractivity (Wildman–Crippen MR) is 164 cm³/mol. The lowest BCUT2D eigenvalue weighted by molar-refractivity contribution is -0.155. The average molecular weight is 622 g/mol. The zero-order chi connectivity index (χ0) is 31.4. The fourth-order valence-corrected chi connectivity index (χ4v) is 5.32. The summed E-state index contributed by atoms with van der Waals surface area (Å²) in [5, 5.41) is 0. The smallest absolute Gasteiger partial charge is 0.376 e. The summed E-state index contributed by atoms with van der Waals surface area (Å²) in [5.41, 5.74) is 1.04. The molecule has 1 aromatic heterocycles. The van der Waals surface area contributed by atoms with Gasteiger partial charge in [0.1, 0.15) is 11.5 Å². The van der Waals surface area contributed by atoms with Crippen molar-refractivity contribution in [3.63, 3.8) is 0 Å². The summed E-state index contributed by atoms with van der Waals surface area (Å²) in [4.78, 5) is 41.4. The number of hydrogen-bond donors (Lipinski definition) is 0. The first kappa shape index (κ1) is 35.2. The molecule has 1 amide bonds. The van der Waals surface area contributed by atoms with Crippen molar-refractivity contribution in [3.05, 3.63) is 59.2 Å². The van der Waals surface area contributed by atoms with E-state index in [0.29, 0.717) is 31.3 Å². The van der Waals surface area contributed by atoms with Crippen molar-refractivity contribution in [1.82, 2.24) is 9.47 Å². The van der Waals surface area contributed by atoms with Crippen molar-refractivity contribution in [2.75, 3.05) is 25.6 Å². The van der Waals surface area contributed by atoms with E-state index >= 15 is 0 Å². The summed E-state index contributed by atoms with van der Waals surface area (Å²) >= 11 is 5.94. The highest BCUT2D eigenvalue weighted by Crippen LogP contribution is 2.19. The van der Waals surface area contributed by atoms with Crippen LogP contribution in [-0.2, 0) is 24.3 Å². The Labute approximate surface area is 255 Å². The average Bonchev–Trinajstić information content (AvgIpc) is 2.93. The van der Waals surface area contributed by atoms with Crippen LogP contribution in [0.1, 0.15) is 82.3 Å². The highest BCUT2D eigenvalue weighted by atomic mass is 35.5. The van der Waals surface area contributed by atoms with Crippen LogP contribution in [0.3, 0.4) is 0 Å². The lowest BCUT2D eigenvalue weighted by Crippen LogP contribution is -2.38. The minimum Gasteiger partial charge on any atom is -0.460 e. The van der Waals surface area contributed by atoms with E-state index in [0.717, 1.165) is 18.4 Å². The number of nitrogens with zero attached hydrogens (tertiary/aromatic N) is 3. The number of ether oxygens (including phenoxy) is 1. The monoisotopic (exact) mass is 621 g/mol. The van der Waals surface area contributed by atoms with Crippen molar-refractivity contribution >= 4 is 39.3 Å². The van der Waals surface area contributed by atoms with Crippen LogP contribution in [0.5, 0.6) is 0 Å². The van der Waals surface area contributed by atoms with Crippen molar-refractivity contribution in [2.45, 2.75) is 78.2 Å². The van der Waals surface area contributed by atoms with E-state index in [2.05, 4.69) is 32.1 Å². The molecule has 2 aromatic rings. The second kappa shape index (κ2) is 16.6. The number of carbonyl (C=O) groups excluding carboxylic acids is 3. The molecule has 0 saturated carbocycles. The number of pyridine rings is 1. The quantitative estimate of drug-likeness (QED) is 0.142. The number of esters is 1. The summed E-state index contributed by atoms with van der Waals surface area (Å²) in [6.07, 6.45) is 3.50. The predicted octanol–water partition coefficient (Wildman–Crippen LogP) is 5.31. The lowest BCUT2D eigenvalue weighted by atomic mass is 10.1. The van der Waals surface area contributed by atoms with E-state index in [9.17, 15) is 22.8 Å². The third kappa shape index (κ3) is 10.4. The number of aryl methyl sites for hydroxylation is 1. The van der Waals surface area contributed by atoms with Crippen molar-refractivity contribution < 1.29 is 27.5 Å². The van der Waals surface area contributed by atoms with Gasteiger partial charge in [-0.15, -0.1) is 16.0 Å². The van der Waals surface area contributed by atoms with Gasteiger partial charge in [0.2, 0.25) is 0 Å². The van der Waals surface area contributed by atoms with Crippen LogP contribution in [0.4, 0.5) is 0 Å². The van der Waals surface area contributed by atoms with Gasteiger partial charge in [-0.05, 0) is 75.6 Å². The molecule has 1 unspecified atom stereocenters. The van der Waals surface area contributed by atoms with Crippen LogP contribution in [0.2, 0.25) is 0 Å². The molecule has 0 bridgehead atoms. The molecule has 42 heavy (non-hydrogen) atoms. The van der Waals surface area contributed by atoms with E-state index in [1.807, 2.05) is 6.92 Å². The van der Waals surface area contributed by atoms with Crippen LogP contribution < -0.4 is 5.49 Å². The molecular weight excluding hydrogens is 578 g/mol. The maximum absolute atomic E-state index is 13.8. The number of alkyl halides is 1. The molecule has 9 nitrogen and oxygen atoms in total. The summed E-state index contributed by atoms with van der Waals surface area (Å²) < 4.78 is 36.9. The number of rotatable bonds is 16. The largest absolute Gasteiger partial charge is 0.460 e. The van der Waals surface area contributed by atoms with Crippen molar-refractivity contribution in [1.29, 1.82) is 0 Å². The summed E-state index contributed by atoms with van der Waals surface area (Å²) in [6, 6.07) is 7.95. The summed E-state index contributed by atoms with van der Waals surface area (Å²) in [6.45, 7) is 12.9. The number of aromatic nitrogens is 1. The number of carbonyl (C=O) groups is 3. The van der Waals surface area contributed by atoms with Gasteiger partial charge in [0.25, 0.3) is 21.7 Å². The highest BCUT2D eigenvalue weighted by Gasteiger charge is 2.29. The summed E-state index contributed by atoms with van der Waals surface area (Å²) in [5.74, 6) is -1.20. The summed E-state index contributed by atoms with van der Waals surface area (Å²) in [7, 11) is -4.19. The van der Waals surface area contributed by atoms with Crippen LogP contribution in [0.25, 0.3) is 0 Å². The highest BCUT2D eigenvalue weighted by molar-refractivity contribution is 7.90. The molecule has 1 heterocycles. The van der Waals surface area contributed by atoms with Gasteiger partial charge in [-0.3, -0.25) is 9.59 Å². The number of Topliss-reactive ketones (excluding diaryl/α,β-unsaturated/α-hetero) is 1. The van der Waals surface area contributed by atoms with Gasteiger partial charge < -0.3 is 14.2 Å². The minimum atomic E-state index is -4.19. The zero-order valence-electron chi connectivity index (χ0n) is 25.5. The van der Waals surface area contributed by atoms with Crippen molar-refractivity contribution in [2.24, 2.45) is 16.2 Å². The Hall–Kier alpha value is -2.98. The van der Waals surface area contributed by atoms with E-state index < -0.39 is 27.8 Å². The number of halogens is 1. The number of benzene rings is 1. The van der Waals surface area contributed by atoms with Crippen LogP contribution in [0, 0.1) is 18.8 Å². The molecule has 0 saturated heterocycles. The molecular formula is C31H44ClN3O6S. The molecule has 0 N–H and O–H groups in total. The van der Waals surface area contributed by atoms with Gasteiger partial charge in [0.15, 0.2) is 0 Å². The third-order valence-electron chi connectivity index (χ3n) is 6.70. The van der Waals surface area contributed by atoms with E-state index in [-0.39, 0.29) is 40.8 Å². The second-order valence-corrected chi connectivity index (χ2v) is 13.1. The fourth-order valence-electron chi connectivity index (χ4n) is 4.18. The SMILES string of the molecule is CCOC(=O)C(=O)C(CCCCl)n1cc(C(=O)N(CCC(C)C)CCC(C)C)ccc1=NS(=O)(=O)c1ccc(C)cc1. The van der Waals surface area contributed by atoms with Gasteiger partial charge >= 0.3 is 5.97 Å². The normalized spacial score (nSPS) is 12.9. The number of amides is 1. The lowest BCUT2D eigenvalue weighted by Gasteiger charge is -2.26. The standard InChI is InChI=1S/C31H44ClN3O6S/c1-7-41-31(38)29(36)27(9-8-18-32)35-21-25(30(37)34(19-16-22(2)3)20-17-23(4)5)12-15-28(35)33-42(39,40)26-13-10-24(6)11-14-26/h10-15,21-23,27H,7-9,16-20H2,1-6H3. The molecule has 2 rings (SSSR count). The first-order valence-corrected chi connectivity index (χ1v) is 16.4. The molecule has 0 fully saturated rings. The first-order chi connectivity index (χ1) is 19.8. The molecule has 1 atom stereocenters. The number of sulfonamides is 1. The Bertz CT molecular complexity index is 1370. The van der Waals surface area contributed by atoms with Gasteiger partial charge in [-0.25, -0.2) is 4.79 Å². The second-order valence-electron chi connectivity index (χ2n) is 11.2. The molecule has 0 aliphatic rings. The van der Waals surface area contributed by atoms with Crippen molar-refractivity contribution in [3.8, 4) is 0 Å². The van der Waals surface area contributed by atoms with Gasteiger partial charge in [0.05, 0.1) is 17.1 Å². The maximum atomic E-state index is 13.8. The number of ketones is 1. The Balaban J connectivity index is 2.75. The van der Waals surface area contributed by atoms with Crippen LogP contribution >= 0.6 is 11.6 Å².